The second kappa shape index (κ2) is 3.76. The Labute approximate surface area is 86.5 Å². The van der Waals surface area contributed by atoms with Crippen LogP contribution in [0.1, 0.15) is 12.0 Å². The van der Waals surface area contributed by atoms with Crippen LogP contribution in [0.25, 0.3) is 0 Å². The summed E-state index contributed by atoms with van der Waals surface area (Å²) in [5, 5.41) is 0. The van der Waals surface area contributed by atoms with E-state index in [0.717, 1.165) is 37.3 Å². The predicted octanol–water partition coefficient (Wildman–Crippen LogP) is 3.12. The molecular weight excluding hydrogens is 203 g/mol. The van der Waals surface area contributed by atoms with Crippen molar-refractivity contribution in [2.45, 2.75) is 12.6 Å². The average Bonchev–Trinajstić information content (AvgIpc) is 2.69. The van der Waals surface area contributed by atoms with Crippen molar-refractivity contribution in [1.82, 2.24) is 0 Å². The van der Waals surface area contributed by atoms with Crippen LogP contribution >= 0.6 is 0 Å². The molecule has 0 N–H and O–H groups in total. The Hall–Kier alpha value is -1.19. The monoisotopic (exact) mass is 214 g/mol. The molecule has 1 aliphatic rings. The molecule has 1 aromatic rings. The van der Waals surface area contributed by atoms with E-state index in [1.807, 2.05) is 0 Å². The number of rotatable bonds is 1. The van der Waals surface area contributed by atoms with Gasteiger partial charge in [-0.2, -0.15) is 13.2 Å². The Morgan fingerprint density at radius 1 is 1.07 bits per heavy atom. The van der Waals surface area contributed by atoms with Crippen molar-refractivity contribution in [3.05, 3.63) is 36.2 Å². The number of alkyl halides is 3. The Kier molecular flexibility index (Phi) is 2.59. The fourth-order valence-electron chi connectivity index (χ4n) is 1.68. The first-order valence-corrected chi connectivity index (χ1v) is 4.81. The highest BCUT2D eigenvalue weighted by atomic mass is 19.4. The van der Waals surface area contributed by atoms with E-state index in [2.05, 4.69) is 11.3 Å². The SMILES string of the molecule is FC(F)(F)c1ccc(N2C[CH]CC2)cc1. The van der Waals surface area contributed by atoms with E-state index in [4.69, 9.17) is 0 Å². The lowest BCUT2D eigenvalue weighted by atomic mass is 10.2. The molecular formula is C11H11F3N. The van der Waals surface area contributed by atoms with E-state index < -0.39 is 11.7 Å². The van der Waals surface area contributed by atoms with Gasteiger partial charge in [0.15, 0.2) is 0 Å². The highest BCUT2D eigenvalue weighted by Gasteiger charge is 2.30. The summed E-state index contributed by atoms with van der Waals surface area (Å²) in [7, 11) is 0. The molecule has 0 spiro atoms. The lowest BCUT2D eigenvalue weighted by Crippen LogP contribution is -2.17. The first kappa shape index (κ1) is 10.3. The van der Waals surface area contributed by atoms with Gasteiger partial charge in [0.2, 0.25) is 0 Å². The third-order valence-electron chi connectivity index (χ3n) is 2.51. The van der Waals surface area contributed by atoms with E-state index in [1.165, 1.54) is 12.1 Å². The van der Waals surface area contributed by atoms with Crippen molar-refractivity contribution in [3.8, 4) is 0 Å². The molecule has 4 heteroatoms. The topological polar surface area (TPSA) is 3.24 Å². The zero-order chi connectivity index (χ0) is 10.9. The molecule has 0 aromatic heterocycles. The van der Waals surface area contributed by atoms with Gasteiger partial charge >= 0.3 is 6.18 Å². The minimum Gasteiger partial charge on any atom is -0.371 e. The van der Waals surface area contributed by atoms with Crippen LogP contribution in [0, 0.1) is 6.42 Å². The van der Waals surface area contributed by atoms with Crippen LogP contribution in [0.15, 0.2) is 24.3 Å². The van der Waals surface area contributed by atoms with Gasteiger partial charge in [0.25, 0.3) is 0 Å². The Morgan fingerprint density at radius 3 is 2.20 bits per heavy atom. The molecule has 0 bridgehead atoms. The molecule has 1 fully saturated rings. The lowest BCUT2D eigenvalue weighted by Gasteiger charge is -2.18. The molecule has 0 aliphatic carbocycles. The molecule has 1 aromatic carbocycles. The summed E-state index contributed by atoms with van der Waals surface area (Å²) < 4.78 is 36.8. The molecule has 1 saturated heterocycles. The van der Waals surface area contributed by atoms with Gasteiger partial charge in [0.1, 0.15) is 0 Å². The molecule has 1 nitrogen and oxygen atoms in total. The average molecular weight is 214 g/mol. The zero-order valence-electron chi connectivity index (χ0n) is 8.09. The second-order valence-electron chi connectivity index (χ2n) is 3.57. The summed E-state index contributed by atoms with van der Waals surface area (Å²) >= 11 is 0. The fraction of sp³-hybridized carbons (Fsp3) is 0.364. The van der Waals surface area contributed by atoms with E-state index in [1.54, 1.807) is 0 Å². The Bertz CT molecular complexity index is 323. The number of halogens is 3. The smallest absolute Gasteiger partial charge is 0.371 e. The summed E-state index contributed by atoms with van der Waals surface area (Å²) in [6, 6.07) is 5.32. The van der Waals surface area contributed by atoms with Gasteiger partial charge in [-0.25, -0.2) is 0 Å². The van der Waals surface area contributed by atoms with Gasteiger partial charge in [-0.05, 0) is 37.1 Å². The zero-order valence-corrected chi connectivity index (χ0v) is 8.09. The van der Waals surface area contributed by atoms with Crippen molar-refractivity contribution in [1.29, 1.82) is 0 Å². The van der Waals surface area contributed by atoms with Crippen LogP contribution in [0.3, 0.4) is 0 Å². The van der Waals surface area contributed by atoms with Crippen LogP contribution in [0.5, 0.6) is 0 Å². The normalized spacial score (nSPS) is 17.1. The Balaban J connectivity index is 2.16. The van der Waals surface area contributed by atoms with E-state index in [0.29, 0.717) is 0 Å². The molecule has 15 heavy (non-hydrogen) atoms. The van der Waals surface area contributed by atoms with Gasteiger partial charge in [-0.3, -0.25) is 0 Å². The van der Waals surface area contributed by atoms with Crippen LogP contribution in [-0.2, 0) is 6.18 Å². The fourth-order valence-corrected chi connectivity index (χ4v) is 1.68. The molecule has 0 amide bonds. The minimum absolute atomic E-state index is 0.588. The third-order valence-corrected chi connectivity index (χ3v) is 2.51. The highest BCUT2D eigenvalue weighted by molar-refractivity contribution is 5.49. The first-order chi connectivity index (χ1) is 7.07. The summed E-state index contributed by atoms with van der Waals surface area (Å²) in [5.74, 6) is 0. The van der Waals surface area contributed by atoms with Gasteiger partial charge in [-0.1, -0.05) is 0 Å². The maximum Gasteiger partial charge on any atom is 0.416 e. The quantitative estimate of drug-likeness (QED) is 0.694. The summed E-state index contributed by atoms with van der Waals surface area (Å²) in [4.78, 5) is 2.06. The van der Waals surface area contributed by atoms with Crippen LogP contribution in [0.2, 0.25) is 0 Å². The molecule has 0 unspecified atom stereocenters. The van der Waals surface area contributed by atoms with Crippen LogP contribution in [0.4, 0.5) is 18.9 Å². The van der Waals surface area contributed by atoms with Crippen LogP contribution in [-0.4, -0.2) is 13.1 Å². The molecule has 2 rings (SSSR count). The van der Waals surface area contributed by atoms with Gasteiger partial charge in [0.05, 0.1) is 5.56 Å². The van der Waals surface area contributed by atoms with Gasteiger partial charge in [0, 0.05) is 18.8 Å². The maximum absolute atomic E-state index is 12.3. The molecule has 1 heterocycles. The van der Waals surface area contributed by atoms with E-state index >= 15 is 0 Å². The molecule has 0 atom stereocenters. The standard InChI is InChI=1S/C11H11F3N/c12-11(13,14)9-3-5-10(6-4-9)15-7-1-2-8-15/h1,3-6H,2,7-8H2. The second-order valence-corrected chi connectivity index (χ2v) is 3.57. The van der Waals surface area contributed by atoms with Gasteiger partial charge in [-0.15, -0.1) is 0 Å². The van der Waals surface area contributed by atoms with Gasteiger partial charge < -0.3 is 4.90 Å². The number of nitrogens with zero attached hydrogens (tertiary/aromatic N) is 1. The van der Waals surface area contributed by atoms with Crippen LogP contribution < -0.4 is 4.90 Å². The third kappa shape index (κ3) is 2.25. The van der Waals surface area contributed by atoms with E-state index in [9.17, 15) is 13.2 Å². The van der Waals surface area contributed by atoms with Crippen molar-refractivity contribution >= 4 is 5.69 Å². The summed E-state index contributed by atoms with van der Waals surface area (Å²) in [6.45, 7) is 1.72. The van der Waals surface area contributed by atoms with Crippen molar-refractivity contribution in [3.63, 3.8) is 0 Å². The van der Waals surface area contributed by atoms with Crippen molar-refractivity contribution in [2.24, 2.45) is 0 Å². The van der Waals surface area contributed by atoms with Crippen molar-refractivity contribution in [2.75, 3.05) is 18.0 Å². The maximum atomic E-state index is 12.3. The molecule has 81 valence electrons. The number of anilines is 1. The van der Waals surface area contributed by atoms with Crippen molar-refractivity contribution < 1.29 is 13.2 Å². The molecule has 1 radical (unpaired) electrons. The predicted molar refractivity (Wildman–Crippen MR) is 52.6 cm³/mol. The minimum atomic E-state index is -4.24. The van der Waals surface area contributed by atoms with E-state index in [-0.39, 0.29) is 0 Å². The molecule has 0 saturated carbocycles. The first-order valence-electron chi connectivity index (χ1n) is 4.81. The summed E-state index contributed by atoms with van der Waals surface area (Å²) in [5.41, 5.74) is 0.270. The number of benzene rings is 1. The number of hydrogen-bond acceptors (Lipinski definition) is 1. The highest BCUT2D eigenvalue weighted by Crippen LogP contribution is 2.31. The molecule has 1 aliphatic heterocycles. The largest absolute Gasteiger partial charge is 0.416 e. The lowest BCUT2D eigenvalue weighted by molar-refractivity contribution is -0.137. The summed E-state index contributed by atoms with van der Waals surface area (Å²) in [6.07, 6.45) is -1.12. The number of hydrogen-bond donors (Lipinski definition) is 0. The Morgan fingerprint density at radius 2 is 1.73 bits per heavy atom.